The van der Waals surface area contributed by atoms with E-state index in [4.69, 9.17) is 15.3 Å². The molecule has 0 aromatic heterocycles. The van der Waals surface area contributed by atoms with E-state index < -0.39 is 0 Å². The Morgan fingerprint density at radius 1 is 0.875 bits per heavy atom. The third-order valence-electron chi connectivity index (χ3n) is 2.63. The van der Waals surface area contributed by atoms with Gasteiger partial charge in [0, 0.05) is 45.6 Å². The first kappa shape index (κ1) is 18.5. The number of halogens is 1. The van der Waals surface area contributed by atoms with Crippen molar-refractivity contribution in [2.75, 3.05) is 32.9 Å². The summed E-state index contributed by atoms with van der Waals surface area (Å²) >= 11 is 0. The lowest BCUT2D eigenvalue weighted by atomic mass is 9.89. The molecule has 7 N–H and O–H groups in total. The highest BCUT2D eigenvalue weighted by Crippen LogP contribution is 2.12. The number of aliphatic hydroxyl groups excluding tert-OH is 3. The maximum absolute atomic E-state index is 8.89. The van der Waals surface area contributed by atoms with E-state index in [1.54, 1.807) is 0 Å². The van der Waals surface area contributed by atoms with Crippen LogP contribution in [0.15, 0.2) is 0 Å². The van der Waals surface area contributed by atoms with Gasteiger partial charge in [-0.1, -0.05) is 0 Å². The predicted molar refractivity (Wildman–Crippen MR) is 58.2 cm³/mol. The molecule has 5 nitrogen and oxygen atoms in total. The fraction of sp³-hybridized carbons (Fsp3) is 1.00. The zero-order valence-corrected chi connectivity index (χ0v) is 10.5. The summed E-state index contributed by atoms with van der Waals surface area (Å²) < 4.78 is 0. The van der Waals surface area contributed by atoms with Crippen LogP contribution in [0.5, 0.6) is 0 Å². The van der Waals surface area contributed by atoms with E-state index in [0.717, 1.165) is 25.9 Å². The molecule has 100 valence electrons. The Labute approximate surface area is 103 Å². The molecule has 0 spiro atoms. The average Bonchev–Trinajstić information content (AvgIpc) is 2.18. The number of rotatable bonds is 10. The summed E-state index contributed by atoms with van der Waals surface area (Å²) in [6.07, 6.45) is 2.83. The second-order valence-corrected chi connectivity index (χ2v) is 4.02. The smallest absolute Gasteiger partial charge is 0.100 e. The summed E-state index contributed by atoms with van der Waals surface area (Å²) in [7, 11) is 0. The molecule has 0 aromatic rings. The van der Waals surface area contributed by atoms with Crippen LogP contribution in [0.25, 0.3) is 0 Å². The zero-order chi connectivity index (χ0) is 11.6. The fourth-order valence-corrected chi connectivity index (χ4v) is 1.53. The largest absolute Gasteiger partial charge is 1.00 e. The first-order chi connectivity index (χ1) is 7.18. The van der Waals surface area contributed by atoms with Gasteiger partial charge in [0.25, 0.3) is 0 Å². The van der Waals surface area contributed by atoms with E-state index >= 15 is 0 Å². The molecule has 0 aromatic carbocycles. The van der Waals surface area contributed by atoms with Gasteiger partial charge in [0.15, 0.2) is 0 Å². The zero-order valence-electron chi connectivity index (χ0n) is 9.79. The first-order valence-electron chi connectivity index (χ1n) is 5.57. The molecule has 0 saturated carbocycles. The molecule has 0 amide bonds. The Morgan fingerprint density at radius 3 is 1.88 bits per heavy atom. The topological polar surface area (TPSA) is 100 Å². The second kappa shape index (κ2) is 11.6. The number of aliphatic hydroxyl groups is 3. The lowest BCUT2D eigenvalue weighted by Crippen LogP contribution is -3.00. The third-order valence-corrected chi connectivity index (χ3v) is 2.63. The third kappa shape index (κ3) is 9.33. The van der Waals surface area contributed by atoms with Crippen molar-refractivity contribution in [1.82, 2.24) is 5.32 Å². The van der Waals surface area contributed by atoms with Crippen molar-refractivity contribution in [3.05, 3.63) is 0 Å². The minimum atomic E-state index is -0.226. The first-order valence-corrected chi connectivity index (χ1v) is 5.57. The highest BCUT2D eigenvalue weighted by molar-refractivity contribution is 4.77. The molecule has 0 atom stereocenters. The Hall–Kier alpha value is 0.0900. The molecule has 0 aliphatic carbocycles. The highest BCUT2D eigenvalue weighted by Gasteiger charge is 2.27. The van der Waals surface area contributed by atoms with Gasteiger partial charge in [-0.2, -0.15) is 0 Å². The molecule has 16 heavy (non-hydrogen) atoms. The molecule has 0 unspecified atom stereocenters. The van der Waals surface area contributed by atoms with Crippen molar-refractivity contribution in [3.8, 4) is 0 Å². The van der Waals surface area contributed by atoms with E-state index in [1.807, 2.05) is 0 Å². The van der Waals surface area contributed by atoms with E-state index in [1.165, 1.54) is 0 Å². The average molecular weight is 257 g/mol. The van der Waals surface area contributed by atoms with Crippen molar-refractivity contribution in [1.29, 1.82) is 0 Å². The standard InChI is InChI=1S/C10H24N2O3.ClH/c11-10(3-8-14,4-9-15)2-6-12-5-1-7-13;/h12-15H,1-9,11H2;1H. The number of nitrogens with one attached hydrogen (secondary N) is 1. The van der Waals surface area contributed by atoms with Gasteiger partial charge in [-0.25, -0.2) is 0 Å². The molecule has 6 heteroatoms. The Balaban J connectivity index is 0. The van der Waals surface area contributed by atoms with Crippen LogP contribution in [-0.2, 0) is 0 Å². The molecule has 0 bridgehead atoms. The lowest BCUT2D eigenvalue weighted by molar-refractivity contribution is -0.484. The molecular weight excluding hydrogens is 232 g/mol. The predicted octanol–water partition coefficient (Wildman–Crippen LogP) is -4.90. The summed E-state index contributed by atoms with van der Waals surface area (Å²) in [5.74, 6) is 0. The molecule has 0 saturated heterocycles. The van der Waals surface area contributed by atoms with E-state index in [-0.39, 0.29) is 37.8 Å². The Morgan fingerprint density at radius 2 is 1.44 bits per heavy atom. The minimum absolute atomic E-state index is 0. The normalized spacial score (nSPS) is 11.2. The van der Waals surface area contributed by atoms with Gasteiger partial charge in [-0.15, -0.1) is 0 Å². The SMILES string of the molecule is [Cl-].[NH3+]C(CCO)(CCO)CCNCCCO. The summed E-state index contributed by atoms with van der Waals surface area (Å²) in [5.41, 5.74) is 3.83. The summed E-state index contributed by atoms with van der Waals surface area (Å²) in [6, 6.07) is 0. The monoisotopic (exact) mass is 256 g/mol. The lowest BCUT2D eigenvalue weighted by Gasteiger charge is -2.24. The molecular formula is C10H25ClN2O3. The quantitative estimate of drug-likeness (QED) is 0.253. The second-order valence-electron chi connectivity index (χ2n) is 4.02. The van der Waals surface area contributed by atoms with Crippen LogP contribution >= 0.6 is 0 Å². The van der Waals surface area contributed by atoms with Crippen molar-refractivity contribution in [2.45, 2.75) is 31.2 Å². The van der Waals surface area contributed by atoms with Crippen LogP contribution in [0, 0.1) is 0 Å². The number of quaternary nitrogens is 1. The van der Waals surface area contributed by atoms with Crippen LogP contribution < -0.4 is 23.5 Å². The summed E-state index contributed by atoms with van der Waals surface area (Å²) in [6.45, 7) is 2.03. The van der Waals surface area contributed by atoms with Gasteiger partial charge in [-0.05, 0) is 13.0 Å². The number of hydrogen-bond donors (Lipinski definition) is 5. The summed E-state index contributed by atoms with van der Waals surface area (Å²) in [4.78, 5) is 0. The summed E-state index contributed by atoms with van der Waals surface area (Å²) in [5, 5.41) is 29.6. The molecule has 0 fully saturated rings. The molecule has 0 aliphatic heterocycles. The maximum Gasteiger partial charge on any atom is 0.100 e. The maximum atomic E-state index is 8.89. The fourth-order valence-electron chi connectivity index (χ4n) is 1.53. The van der Waals surface area contributed by atoms with Gasteiger partial charge in [0.2, 0.25) is 0 Å². The van der Waals surface area contributed by atoms with Crippen LogP contribution in [0.4, 0.5) is 0 Å². The molecule has 0 aliphatic rings. The Bertz CT molecular complexity index is 144. The molecule has 0 radical (unpaired) electrons. The van der Waals surface area contributed by atoms with Crippen LogP contribution in [0.2, 0.25) is 0 Å². The van der Waals surface area contributed by atoms with Crippen LogP contribution in [-0.4, -0.2) is 53.8 Å². The van der Waals surface area contributed by atoms with E-state index in [9.17, 15) is 0 Å². The van der Waals surface area contributed by atoms with Gasteiger partial charge < -0.3 is 38.8 Å². The Kier molecular flexibility index (Phi) is 13.3. The molecule has 0 rings (SSSR count). The van der Waals surface area contributed by atoms with Gasteiger partial charge in [0.05, 0.1) is 0 Å². The van der Waals surface area contributed by atoms with Gasteiger partial charge in [0.1, 0.15) is 5.54 Å². The van der Waals surface area contributed by atoms with Gasteiger partial charge in [-0.3, -0.25) is 0 Å². The van der Waals surface area contributed by atoms with Crippen molar-refractivity contribution >= 4 is 0 Å². The van der Waals surface area contributed by atoms with Crippen molar-refractivity contribution in [2.24, 2.45) is 0 Å². The number of hydrogen-bond acceptors (Lipinski definition) is 4. The highest BCUT2D eigenvalue weighted by atomic mass is 35.5. The van der Waals surface area contributed by atoms with Crippen molar-refractivity contribution in [3.63, 3.8) is 0 Å². The molecule has 0 heterocycles. The van der Waals surface area contributed by atoms with Crippen LogP contribution in [0.3, 0.4) is 0 Å². The van der Waals surface area contributed by atoms with Crippen molar-refractivity contribution < 1.29 is 33.5 Å². The van der Waals surface area contributed by atoms with E-state index in [2.05, 4.69) is 11.1 Å². The minimum Gasteiger partial charge on any atom is -1.00 e. The van der Waals surface area contributed by atoms with E-state index in [0.29, 0.717) is 12.8 Å². The van der Waals surface area contributed by atoms with Gasteiger partial charge >= 0.3 is 0 Å². The van der Waals surface area contributed by atoms with Crippen LogP contribution in [0.1, 0.15) is 25.7 Å².